The first-order chi connectivity index (χ1) is 25.0. The first-order valence-corrected chi connectivity index (χ1v) is 25.2. The summed E-state index contributed by atoms with van der Waals surface area (Å²) in [6.45, 7) is 17.3. The van der Waals surface area contributed by atoms with Crippen LogP contribution in [0.5, 0.6) is 11.5 Å². The molecule has 0 saturated heterocycles. The molecule has 0 aliphatic carbocycles. The third-order valence-corrected chi connectivity index (χ3v) is 11.8. The Morgan fingerprint density at radius 2 is 1.17 bits per heavy atom. The van der Waals surface area contributed by atoms with E-state index in [4.69, 9.17) is 28.4 Å². The second-order valence-corrected chi connectivity index (χ2v) is 26.6. The third-order valence-electron chi connectivity index (χ3n) is 8.36. The predicted molar refractivity (Wildman–Crippen MR) is 208 cm³/mol. The Bertz CT molecular complexity index is 1620. The maximum absolute atomic E-state index is 12.9. The van der Waals surface area contributed by atoms with Gasteiger partial charge in [-0.1, -0.05) is 63.1 Å². The molecule has 0 radical (unpaired) electrons. The van der Waals surface area contributed by atoms with Crippen molar-refractivity contribution in [2.75, 3.05) is 41.0 Å². The number of esters is 2. The number of methoxy groups -OCH3 is 2. The van der Waals surface area contributed by atoms with Gasteiger partial charge in [0.2, 0.25) is 0 Å². The number of amides is 2. The molecule has 2 aromatic rings. The molecule has 2 aliphatic heterocycles. The van der Waals surface area contributed by atoms with Crippen molar-refractivity contribution in [3.8, 4) is 11.5 Å². The first-order valence-electron chi connectivity index (χ1n) is 17.8. The summed E-state index contributed by atoms with van der Waals surface area (Å²) in [6.07, 6.45) is 6.05. The molecule has 4 rings (SSSR count). The first kappa shape index (κ1) is 43.2. The zero-order valence-corrected chi connectivity index (χ0v) is 34.6. The summed E-state index contributed by atoms with van der Waals surface area (Å²) in [5.74, 6) is -0.247. The van der Waals surface area contributed by atoms with E-state index in [1.807, 2.05) is 6.92 Å². The van der Waals surface area contributed by atoms with Crippen molar-refractivity contribution in [3.63, 3.8) is 0 Å². The summed E-state index contributed by atoms with van der Waals surface area (Å²) >= 11 is 0. The Kier molecular flexibility index (Phi) is 16.5. The molecular weight excluding hydrogens is 713 g/mol. The molecule has 0 fully saturated rings. The fourth-order valence-corrected chi connectivity index (χ4v) is 6.74. The highest BCUT2D eigenvalue weighted by Crippen LogP contribution is 2.26. The van der Waals surface area contributed by atoms with Gasteiger partial charge in [0.1, 0.15) is 23.6 Å². The highest BCUT2D eigenvalue weighted by atomic mass is 28.3. The Balaban J connectivity index is 0.000000286. The monoisotopic (exact) mass is 768 g/mol. The highest BCUT2D eigenvalue weighted by molar-refractivity contribution is 6.76. The van der Waals surface area contributed by atoms with E-state index < -0.39 is 40.2 Å². The molecule has 2 aromatic carbocycles. The quantitative estimate of drug-likeness (QED) is 0.0766. The van der Waals surface area contributed by atoms with E-state index in [0.717, 1.165) is 17.7 Å². The lowest BCUT2D eigenvalue weighted by Gasteiger charge is -2.21. The second-order valence-electron chi connectivity index (χ2n) is 15.3. The lowest BCUT2D eigenvalue weighted by Crippen LogP contribution is -2.39. The van der Waals surface area contributed by atoms with Crippen molar-refractivity contribution in [2.24, 2.45) is 0 Å². The van der Waals surface area contributed by atoms with E-state index in [9.17, 15) is 19.2 Å². The van der Waals surface area contributed by atoms with Gasteiger partial charge in [-0.2, -0.15) is 0 Å². The van der Waals surface area contributed by atoms with Crippen LogP contribution in [-0.2, 0) is 28.5 Å². The average Bonchev–Trinajstić information content (AvgIpc) is 3.77. The van der Waals surface area contributed by atoms with Gasteiger partial charge in [-0.3, -0.25) is 9.59 Å². The van der Waals surface area contributed by atoms with Gasteiger partial charge in [-0.15, -0.1) is 0 Å². The summed E-state index contributed by atoms with van der Waals surface area (Å²) in [5, 5.41) is 0. The van der Waals surface area contributed by atoms with Crippen molar-refractivity contribution in [1.29, 1.82) is 0 Å². The fourth-order valence-electron chi connectivity index (χ4n) is 5.22. The number of carbonyl (C=O) groups is 4. The highest BCUT2D eigenvalue weighted by Gasteiger charge is 2.35. The lowest BCUT2D eigenvalue weighted by atomic mass is 10.1. The minimum atomic E-state index is -1.12. The molecule has 290 valence electrons. The van der Waals surface area contributed by atoms with Crippen LogP contribution in [0.15, 0.2) is 72.6 Å². The number of hydrogen-bond acceptors (Lipinski definition) is 10. The molecule has 0 saturated carbocycles. The van der Waals surface area contributed by atoms with E-state index in [0.29, 0.717) is 48.7 Å². The van der Waals surface area contributed by atoms with Crippen LogP contribution in [0.3, 0.4) is 0 Å². The summed E-state index contributed by atoms with van der Waals surface area (Å²) in [4.78, 5) is 52.2. The van der Waals surface area contributed by atoms with Crippen LogP contribution in [0.25, 0.3) is 0 Å². The lowest BCUT2D eigenvalue weighted by molar-refractivity contribution is -0.145. The molecule has 0 spiro atoms. The molecule has 2 aliphatic rings. The Labute approximate surface area is 316 Å². The van der Waals surface area contributed by atoms with Crippen LogP contribution in [0.1, 0.15) is 40.5 Å². The molecule has 2 heterocycles. The van der Waals surface area contributed by atoms with Crippen LogP contribution in [-0.4, -0.2) is 103 Å². The minimum absolute atomic E-state index is 0.148. The standard InChI is InChI=1S/C20H29NO5Si.C19H27NO5Si/c1-15-11-18(20(23)24-2)21(13-15)19(22)16-7-6-8-17(12-16)26-14-25-9-10-27(3,4)5;1-23-19(22)17-9-6-10-20(17)18(21)15-7-5-8-16(13-15)25-14-24-11-12-26(2,3)4/h6-8,12-13,18H,9-11,14H2,1-5H3;5-8,10,13,17H,9,11-12,14H2,1-4H3/t18-;17-/m00/s1. The van der Waals surface area contributed by atoms with Gasteiger partial charge in [0, 0.05) is 59.3 Å². The molecule has 0 aromatic heterocycles. The SMILES string of the molecule is COC(=O)[C@@H]1CC(C)=CN1C(=O)c1cccc(OCOCC[Si](C)(C)C)c1.COC(=O)[C@@H]1CC=CN1C(=O)c1cccc(OCOCC[Si](C)(C)C)c1. The minimum Gasteiger partial charge on any atom is -0.468 e. The van der Waals surface area contributed by atoms with E-state index in [-0.39, 0.29) is 25.4 Å². The number of ether oxygens (including phenoxy) is 6. The smallest absolute Gasteiger partial charge is 0.329 e. The van der Waals surface area contributed by atoms with E-state index >= 15 is 0 Å². The van der Waals surface area contributed by atoms with Crippen molar-refractivity contribution in [2.45, 2.75) is 83.2 Å². The molecule has 0 bridgehead atoms. The maximum Gasteiger partial charge on any atom is 0.329 e. The van der Waals surface area contributed by atoms with Crippen LogP contribution in [0, 0.1) is 0 Å². The van der Waals surface area contributed by atoms with Crippen LogP contribution < -0.4 is 9.47 Å². The molecule has 12 nitrogen and oxygen atoms in total. The number of rotatable bonds is 16. The molecule has 2 atom stereocenters. The summed E-state index contributed by atoms with van der Waals surface area (Å²) < 4.78 is 31.8. The number of benzene rings is 2. The molecule has 0 N–H and O–H groups in total. The predicted octanol–water partition coefficient (Wildman–Crippen LogP) is 6.95. The molecule has 14 heteroatoms. The average molecular weight is 769 g/mol. The van der Waals surface area contributed by atoms with Gasteiger partial charge in [0.15, 0.2) is 13.6 Å². The normalized spacial score (nSPS) is 16.7. The molecular formula is C39H56N2O10Si2. The number of hydrogen-bond donors (Lipinski definition) is 0. The number of nitrogens with zero attached hydrogens (tertiary/aromatic N) is 2. The largest absolute Gasteiger partial charge is 0.468 e. The van der Waals surface area contributed by atoms with Crippen molar-refractivity contribution in [3.05, 3.63) is 83.7 Å². The van der Waals surface area contributed by atoms with Crippen molar-refractivity contribution >= 4 is 39.9 Å². The Morgan fingerprint density at radius 3 is 1.64 bits per heavy atom. The molecule has 0 unspecified atom stereocenters. The van der Waals surface area contributed by atoms with Gasteiger partial charge in [0.05, 0.1) is 14.2 Å². The van der Waals surface area contributed by atoms with Gasteiger partial charge in [-0.25, -0.2) is 9.59 Å². The molecule has 2 amide bonds. The van der Waals surface area contributed by atoms with Gasteiger partial charge >= 0.3 is 11.9 Å². The van der Waals surface area contributed by atoms with Gasteiger partial charge in [-0.05, 0) is 61.8 Å². The summed E-state index contributed by atoms with van der Waals surface area (Å²) in [7, 11) is 0.404. The summed E-state index contributed by atoms with van der Waals surface area (Å²) in [5.41, 5.74) is 1.86. The van der Waals surface area contributed by atoms with Crippen LogP contribution >= 0.6 is 0 Å². The fraction of sp³-hybridized carbons (Fsp3) is 0.487. The Morgan fingerprint density at radius 1 is 0.698 bits per heavy atom. The topological polar surface area (TPSA) is 130 Å². The van der Waals surface area contributed by atoms with Crippen molar-refractivity contribution < 1.29 is 47.6 Å². The van der Waals surface area contributed by atoms with Gasteiger partial charge < -0.3 is 38.2 Å². The van der Waals surface area contributed by atoms with E-state index in [1.54, 1.807) is 67.0 Å². The molecule has 53 heavy (non-hydrogen) atoms. The zero-order chi connectivity index (χ0) is 39.2. The van der Waals surface area contributed by atoms with E-state index in [1.165, 1.54) is 24.0 Å². The number of carbonyl (C=O) groups excluding carboxylic acids is 4. The van der Waals surface area contributed by atoms with Crippen LogP contribution in [0.4, 0.5) is 0 Å². The van der Waals surface area contributed by atoms with Crippen LogP contribution in [0.2, 0.25) is 51.4 Å². The van der Waals surface area contributed by atoms with Gasteiger partial charge in [0.25, 0.3) is 11.8 Å². The zero-order valence-electron chi connectivity index (χ0n) is 32.6. The second kappa shape index (κ2) is 20.3. The van der Waals surface area contributed by atoms with E-state index in [2.05, 4.69) is 39.3 Å². The summed E-state index contributed by atoms with van der Waals surface area (Å²) in [6, 6.07) is 14.7. The third kappa shape index (κ3) is 14.3. The van der Waals surface area contributed by atoms with Crippen molar-refractivity contribution in [1.82, 2.24) is 9.80 Å². The maximum atomic E-state index is 12.9. The Hall–Kier alpha value is -4.25.